The molecule has 0 heterocycles. The molecule has 0 aliphatic heterocycles. The van der Waals surface area contributed by atoms with Crippen LogP contribution in [0.1, 0.15) is 58.3 Å². The van der Waals surface area contributed by atoms with Gasteiger partial charge in [0, 0.05) is 12.6 Å². The van der Waals surface area contributed by atoms with Gasteiger partial charge < -0.3 is 11.1 Å². The molecule has 2 bridgehead atoms. The summed E-state index contributed by atoms with van der Waals surface area (Å²) in [7, 11) is 0. The van der Waals surface area contributed by atoms with Gasteiger partial charge in [0.15, 0.2) is 0 Å². The van der Waals surface area contributed by atoms with Crippen molar-refractivity contribution in [2.24, 2.45) is 28.9 Å². The molecule has 0 radical (unpaired) electrons. The Morgan fingerprint density at radius 3 is 2.50 bits per heavy atom. The molecule has 18 heavy (non-hydrogen) atoms. The molecule has 0 saturated heterocycles. The van der Waals surface area contributed by atoms with E-state index in [0.717, 1.165) is 17.8 Å². The molecule has 0 spiro atoms. The smallest absolute Gasteiger partial charge is 0.0110 e. The van der Waals surface area contributed by atoms with E-state index in [4.69, 9.17) is 5.73 Å². The fourth-order valence-electron chi connectivity index (χ4n) is 5.04. The first-order valence-corrected chi connectivity index (χ1v) is 8.20. The normalized spacial score (nSPS) is 41.7. The molecule has 3 N–H and O–H groups in total. The Morgan fingerprint density at radius 2 is 1.89 bits per heavy atom. The van der Waals surface area contributed by atoms with Crippen molar-refractivity contribution in [3.05, 3.63) is 0 Å². The quantitative estimate of drug-likeness (QED) is 0.787. The monoisotopic (exact) mass is 250 g/mol. The molecule has 2 heteroatoms. The zero-order valence-electron chi connectivity index (χ0n) is 12.0. The molecule has 4 unspecified atom stereocenters. The first kappa shape index (κ1) is 12.9. The molecule has 4 atom stereocenters. The van der Waals surface area contributed by atoms with Gasteiger partial charge in [-0.15, -0.1) is 0 Å². The fourth-order valence-corrected chi connectivity index (χ4v) is 5.04. The van der Waals surface area contributed by atoms with Crippen LogP contribution in [0, 0.1) is 23.2 Å². The summed E-state index contributed by atoms with van der Waals surface area (Å²) in [6, 6.07) is 0.498. The lowest BCUT2D eigenvalue weighted by atomic mass is 9.82. The minimum absolute atomic E-state index is 0.498. The molecule has 3 fully saturated rings. The van der Waals surface area contributed by atoms with Crippen molar-refractivity contribution in [3.63, 3.8) is 0 Å². The van der Waals surface area contributed by atoms with Gasteiger partial charge in [0.1, 0.15) is 0 Å². The summed E-state index contributed by atoms with van der Waals surface area (Å²) < 4.78 is 0. The molecule has 2 nitrogen and oxygen atoms in total. The second-order valence-corrected chi connectivity index (χ2v) is 7.27. The highest BCUT2D eigenvalue weighted by Crippen LogP contribution is 2.47. The molecule has 3 saturated carbocycles. The third-order valence-corrected chi connectivity index (χ3v) is 6.45. The second-order valence-electron chi connectivity index (χ2n) is 7.27. The lowest BCUT2D eigenvalue weighted by molar-refractivity contribution is 0.233. The molecule has 0 aromatic carbocycles. The molecular formula is C16H30N2. The maximum atomic E-state index is 6.38. The van der Waals surface area contributed by atoms with Crippen molar-refractivity contribution in [1.29, 1.82) is 0 Å². The molecule has 0 amide bonds. The predicted molar refractivity (Wildman–Crippen MR) is 76.4 cm³/mol. The van der Waals surface area contributed by atoms with Gasteiger partial charge in [-0.3, -0.25) is 0 Å². The average Bonchev–Trinajstić information content (AvgIpc) is 3.08. The Balaban J connectivity index is 1.47. The van der Waals surface area contributed by atoms with Crippen molar-refractivity contribution in [3.8, 4) is 0 Å². The van der Waals surface area contributed by atoms with E-state index in [1.165, 1.54) is 64.5 Å². The van der Waals surface area contributed by atoms with E-state index in [2.05, 4.69) is 12.2 Å². The molecule has 104 valence electrons. The van der Waals surface area contributed by atoms with Crippen LogP contribution < -0.4 is 11.1 Å². The summed E-state index contributed by atoms with van der Waals surface area (Å²) in [4.78, 5) is 0. The van der Waals surface area contributed by atoms with Gasteiger partial charge in [-0.25, -0.2) is 0 Å². The van der Waals surface area contributed by atoms with Crippen LogP contribution in [0.3, 0.4) is 0 Å². The van der Waals surface area contributed by atoms with Crippen LogP contribution in [0.15, 0.2) is 0 Å². The number of hydrogen-bond donors (Lipinski definition) is 2. The van der Waals surface area contributed by atoms with Crippen LogP contribution in [0.2, 0.25) is 0 Å². The Labute approximate surface area is 112 Å². The Bertz CT molecular complexity index is 281. The Kier molecular flexibility index (Phi) is 3.68. The summed E-state index contributed by atoms with van der Waals surface area (Å²) in [6.45, 7) is 4.80. The van der Waals surface area contributed by atoms with Gasteiger partial charge in [-0.2, -0.15) is 0 Å². The number of nitrogens with two attached hydrogens (primary N) is 1. The van der Waals surface area contributed by atoms with E-state index >= 15 is 0 Å². The van der Waals surface area contributed by atoms with Crippen molar-refractivity contribution in [2.45, 2.75) is 64.3 Å². The molecule has 0 aromatic heterocycles. The number of hydrogen-bond acceptors (Lipinski definition) is 2. The highest BCUT2D eigenvalue weighted by Gasteiger charge is 2.45. The SMILES string of the molecule is CCC1(CNCC2C3CCC(C3)C2N)CCCC1. The zero-order valence-corrected chi connectivity index (χ0v) is 12.0. The number of fused-ring (bicyclic) bond motifs is 2. The maximum Gasteiger partial charge on any atom is 0.0110 e. The predicted octanol–water partition coefficient (Wildman–Crippen LogP) is 2.92. The third kappa shape index (κ3) is 2.22. The first-order chi connectivity index (χ1) is 8.74. The highest BCUT2D eigenvalue weighted by molar-refractivity contribution is 4.99. The van der Waals surface area contributed by atoms with Crippen LogP contribution >= 0.6 is 0 Å². The van der Waals surface area contributed by atoms with Crippen LogP contribution in [0.4, 0.5) is 0 Å². The van der Waals surface area contributed by atoms with Gasteiger partial charge >= 0.3 is 0 Å². The summed E-state index contributed by atoms with van der Waals surface area (Å²) >= 11 is 0. The van der Waals surface area contributed by atoms with Crippen LogP contribution in [-0.2, 0) is 0 Å². The molecule has 3 aliphatic rings. The van der Waals surface area contributed by atoms with E-state index in [-0.39, 0.29) is 0 Å². The van der Waals surface area contributed by atoms with E-state index in [1.54, 1.807) is 0 Å². The minimum atomic E-state index is 0.498. The van der Waals surface area contributed by atoms with Crippen LogP contribution in [0.25, 0.3) is 0 Å². The Hall–Kier alpha value is -0.0800. The summed E-state index contributed by atoms with van der Waals surface area (Å²) in [5.74, 6) is 2.58. The molecule has 3 rings (SSSR count). The lowest BCUT2D eigenvalue weighted by Crippen LogP contribution is -2.43. The van der Waals surface area contributed by atoms with Gasteiger partial charge in [-0.05, 0) is 68.2 Å². The van der Waals surface area contributed by atoms with Gasteiger partial charge in [0.2, 0.25) is 0 Å². The van der Waals surface area contributed by atoms with E-state index < -0.39 is 0 Å². The summed E-state index contributed by atoms with van der Waals surface area (Å²) in [5.41, 5.74) is 7.01. The van der Waals surface area contributed by atoms with Gasteiger partial charge in [0.05, 0.1) is 0 Å². The molecule has 0 aromatic rings. The number of nitrogens with one attached hydrogen (secondary N) is 1. The second kappa shape index (κ2) is 5.13. The van der Waals surface area contributed by atoms with Crippen LogP contribution in [0.5, 0.6) is 0 Å². The van der Waals surface area contributed by atoms with Gasteiger partial charge in [0.25, 0.3) is 0 Å². The highest BCUT2D eigenvalue weighted by atomic mass is 14.9. The lowest BCUT2D eigenvalue weighted by Gasteiger charge is -2.32. The largest absolute Gasteiger partial charge is 0.327 e. The van der Waals surface area contributed by atoms with Gasteiger partial charge in [-0.1, -0.05) is 19.8 Å². The van der Waals surface area contributed by atoms with Crippen LogP contribution in [-0.4, -0.2) is 19.1 Å². The third-order valence-electron chi connectivity index (χ3n) is 6.45. The minimum Gasteiger partial charge on any atom is -0.327 e. The fraction of sp³-hybridized carbons (Fsp3) is 1.00. The Morgan fingerprint density at radius 1 is 1.17 bits per heavy atom. The molecular weight excluding hydrogens is 220 g/mol. The van der Waals surface area contributed by atoms with Crippen molar-refractivity contribution in [2.75, 3.05) is 13.1 Å². The maximum absolute atomic E-state index is 6.38. The molecule has 3 aliphatic carbocycles. The average molecular weight is 250 g/mol. The zero-order chi connectivity index (χ0) is 12.6. The van der Waals surface area contributed by atoms with E-state index in [9.17, 15) is 0 Å². The number of rotatable bonds is 5. The van der Waals surface area contributed by atoms with Crippen molar-refractivity contribution >= 4 is 0 Å². The standard InChI is InChI=1S/C16H30N2/c1-2-16(7-3-4-8-16)11-18-10-14-12-5-6-13(9-12)15(14)17/h12-15,18H,2-11,17H2,1H3. The van der Waals surface area contributed by atoms with Crippen molar-refractivity contribution < 1.29 is 0 Å². The van der Waals surface area contributed by atoms with E-state index in [1.807, 2.05) is 0 Å². The van der Waals surface area contributed by atoms with Crippen molar-refractivity contribution in [1.82, 2.24) is 5.32 Å². The first-order valence-electron chi connectivity index (χ1n) is 8.20. The van der Waals surface area contributed by atoms with E-state index in [0.29, 0.717) is 11.5 Å². The summed E-state index contributed by atoms with van der Waals surface area (Å²) in [5, 5.41) is 3.80. The summed E-state index contributed by atoms with van der Waals surface area (Å²) in [6.07, 6.45) is 11.4. The topological polar surface area (TPSA) is 38.0 Å².